The van der Waals surface area contributed by atoms with Crippen molar-refractivity contribution in [3.8, 4) is 0 Å². The summed E-state index contributed by atoms with van der Waals surface area (Å²) in [5.41, 5.74) is 1.42. The van der Waals surface area contributed by atoms with E-state index in [0.29, 0.717) is 42.4 Å². The highest BCUT2D eigenvalue weighted by molar-refractivity contribution is 6.21. The van der Waals surface area contributed by atoms with Crippen molar-refractivity contribution in [3.63, 3.8) is 0 Å². The summed E-state index contributed by atoms with van der Waals surface area (Å²) >= 11 is 0. The Morgan fingerprint density at radius 3 is 1.87 bits per heavy atom. The Kier molecular flexibility index (Phi) is 7.14. The molecule has 2 N–H and O–H groups in total. The molecule has 2 aliphatic carbocycles. The van der Waals surface area contributed by atoms with Gasteiger partial charge in [0.1, 0.15) is 17.7 Å². The molecule has 0 bridgehead atoms. The highest BCUT2D eigenvalue weighted by Gasteiger charge is 2.44. The molecule has 10 heteroatoms. The minimum Gasteiger partial charge on any atom is -0.344 e. The molecule has 5 rings (SSSR count). The van der Waals surface area contributed by atoms with Gasteiger partial charge in [0.15, 0.2) is 6.04 Å². The Morgan fingerprint density at radius 2 is 1.39 bits per heavy atom. The van der Waals surface area contributed by atoms with Gasteiger partial charge in [0.05, 0.1) is 17.8 Å². The first-order valence-corrected chi connectivity index (χ1v) is 13.0. The highest BCUT2D eigenvalue weighted by atomic mass is 19.1. The van der Waals surface area contributed by atoms with E-state index >= 15 is 0 Å². The summed E-state index contributed by atoms with van der Waals surface area (Å²) < 4.78 is 26.9. The summed E-state index contributed by atoms with van der Waals surface area (Å²) in [6, 6.07) is 7.55. The molecule has 0 aromatic heterocycles. The van der Waals surface area contributed by atoms with Crippen molar-refractivity contribution in [1.82, 2.24) is 10.6 Å². The normalized spacial score (nSPS) is 18.6. The Hall–Kier alpha value is -3.82. The quantitative estimate of drug-likeness (QED) is 0.493. The third kappa shape index (κ3) is 5.84. The van der Waals surface area contributed by atoms with Crippen molar-refractivity contribution in [2.45, 2.75) is 51.1 Å². The highest BCUT2D eigenvalue weighted by Crippen LogP contribution is 2.40. The van der Waals surface area contributed by atoms with Crippen LogP contribution >= 0.6 is 0 Å². The maximum atomic E-state index is 13.7. The van der Waals surface area contributed by atoms with E-state index in [9.17, 15) is 28.0 Å². The molecule has 2 aromatic carbocycles. The largest absolute Gasteiger partial charge is 0.344 e. The van der Waals surface area contributed by atoms with Crippen LogP contribution in [0.5, 0.6) is 0 Å². The van der Waals surface area contributed by atoms with Crippen molar-refractivity contribution < 1.29 is 28.0 Å². The van der Waals surface area contributed by atoms with Crippen LogP contribution in [0.2, 0.25) is 0 Å². The molecule has 3 aliphatic rings. The number of carbonyl (C=O) groups excluding carboxylic acids is 4. The lowest BCUT2D eigenvalue weighted by molar-refractivity contribution is -0.135. The summed E-state index contributed by atoms with van der Waals surface area (Å²) in [7, 11) is 0. The Bertz CT molecular complexity index is 1200. The number of fused-ring (bicyclic) bond motifs is 1. The molecule has 38 heavy (non-hydrogen) atoms. The van der Waals surface area contributed by atoms with E-state index in [2.05, 4.69) is 10.6 Å². The van der Waals surface area contributed by atoms with Gasteiger partial charge in [-0.05, 0) is 74.3 Å². The number of carbonyl (C=O) groups is 4. The molecule has 2 aromatic rings. The maximum Gasteiger partial charge on any atom is 0.259 e. The molecule has 1 atom stereocenters. The number of benzene rings is 2. The van der Waals surface area contributed by atoms with E-state index in [1.54, 1.807) is 9.80 Å². The topological polar surface area (TPSA) is 98.8 Å². The van der Waals surface area contributed by atoms with E-state index in [1.165, 1.54) is 6.92 Å². The van der Waals surface area contributed by atoms with Gasteiger partial charge in [0.2, 0.25) is 11.8 Å². The van der Waals surface area contributed by atoms with Gasteiger partial charge in [-0.1, -0.05) is 12.1 Å². The van der Waals surface area contributed by atoms with Gasteiger partial charge in [-0.25, -0.2) is 8.78 Å². The smallest absolute Gasteiger partial charge is 0.259 e. The van der Waals surface area contributed by atoms with Crippen molar-refractivity contribution in [2.24, 2.45) is 11.8 Å². The van der Waals surface area contributed by atoms with Gasteiger partial charge in [-0.3, -0.25) is 19.2 Å². The SMILES string of the molecule is C[C@H](NC(=O)Cc1cc(F)cc(F)c1)C(=O)NC1C(=O)N(CC2CC2)c2ccccc2N(CC2CC2)C1=O. The fourth-order valence-corrected chi connectivity index (χ4v) is 4.72. The van der Waals surface area contributed by atoms with E-state index in [-0.39, 0.29) is 12.0 Å². The van der Waals surface area contributed by atoms with Gasteiger partial charge in [0.25, 0.3) is 11.8 Å². The fourth-order valence-electron chi connectivity index (χ4n) is 4.72. The number of rotatable bonds is 9. The van der Waals surface area contributed by atoms with Gasteiger partial charge >= 0.3 is 0 Å². The van der Waals surface area contributed by atoms with Crippen LogP contribution in [0.3, 0.4) is 0 Å². The molecule has 0 spiro atoms. The molecular formula is C28H30F2N4O4. The zero-order valence-corrected chi connectivity index (χ0v) is 21.1. The monoisotopic (exact) mass is 524 g/mol. The first-order chi connectivity index (χ1) is 18.2. The van der Waals surface area contributed by atoms with Crippen LogP contribution < -0.4 is 20.4 Å². The van der Waals surface area contributed by atoms with E-state index in [0.717, 1.165) is 37.8 Å². The van der Waals surface area contributed by atoms with Crippen LogP contribution in [0, 0.1) is 23.5 Å². The van der Waals surface area contributed by atoms with Crippen molar-refractivity contribution in [1.29, 1.82) is 0 Å². The van der Waals surface area contributed by atoms with Crippen molar-refractivity contribution >= 4 is 35.0 Å². The number of nitrogens with zero attached hydrogens (tertiary/aromatic N) is 2. The minimum absolute atomic E-state index is 0.117. The summed E-state index contributed by atoms with van der Waals surface area (Å²) in [5, 5.41) is 5.05. The number of hydrogen-bond acceptors (Lipinski definition) is 4. The van der Waals surface area contributed by atoms with Crippen LogP contribution in [0.4, 0.5) is 20.2 Å². The van der Waals surface area contributed by atoms with Gasteiger partial charge < -0.3 is 20.4 Å². The number of halogens is 2. The van der Waals surface area contributed by atoms with Crippen LogP contribution in [-0.4, -0.2) is 48.8 Å². The average Bonchev–Trinajstić information content (AvgIpc) is 3.78. The second-order valence-electron chi connectivity index (χ2n) is 10.5. The van der Waals surface area contributed by atoms with Crippen LogP contribution in [-0.2, 0) is 25.6 Å². The van der Waals surface area contributed by atoms with E-state index in [4.69, 9.17) is 0 Å². The number of nitrogens with one attached hydrogen (secondary N) is 2. The van der Waals surface area contributed by atoms with Gasteiger partial charge in [0, 0.05) is 19.2 Å². The molecule has 1 heterocycles. The molecule has 0 saturated heterocycles. The van der Waals surface area contributed by atoms with E-state index in [1.807, 2.05) is 24.3 Å². The number of para-hydroxylation sites is 2. The number of hydrogen-bond donors (Lipinski definition) is 2. The summed E-state index contributed by atoms with van der Waals surface area (Å²) in [5.74, 6) is -3.27. The molecule has 8 nitrogen and oxygen atoms in total. The summed E-state index contributed by atoms with van der Waals surface area (Å²) in [6.07, 6.45) is 3.66. The minimum atomic E-state index is -1.44. The van der Waals surface area contributed by atoms with Gasteiger partial charge in [-0.15, -0.1) is 0 Å². The summed E-state index contributed by atoms with van der Waals surface area (Å²) in [4.78, 5) is 56.2. The average molecular weight is 525 g/mol. The first-order valence-electron chi connectivity index (χ1n) is 13.0. The second kappa shape index (κ2) is 10.5. The molecule has 2 fully saturated rings. The predicted octanol–water partition coefficient (Wildman–Crippen LogP) is 2.70. The lowest BCUT2D eigenvalue weighted by Crippen LogP contribution is -2.59. The lowest BCUT2D eigenvalue weighted by atomic mass is 10.1. The van der Waals surface area contributed by atoms with E-state index < -0.39 is 47.3 Å². The van der Waals surface area contributed by atoms with Crippen LogP contribution in [0.1, 0.15) is 38.2 Å². The predicted molar refractivity (Wildman–Crippen MR) is 136 cm³/mol. The third-order valence-electron chi connectivity index (χ3n) is 7.11. The van der Waals surface area contributed by atoms with Crippen molar-refractivity contribution in [3.05, 3.63) is 59.7 Å². The molecule has 0 unspecified atom stereocenters. The zero-order valence-electron chi connectivity index (χ0n) is 21.1. The Labute approximate surface area is 219 Å². The molecular weight excluding hydrogens is 494 g/mol. The standard InChI is InChI=1S/C28H30F2N4O4/c1-16(31-24(35)12-19-10-20(29)13-21(30)11-19)26(36)32-25-27(37)33(14-17-6-7-17)22-4-2-3-5-23(22)34(28(25)38)15-18-8-9-18/h2-5,10-11,13,16-18,25H,6-9,12,14-15H2,1H3,(H,31,35)(H,32,36)/t16-/m0/s1. The molecule has 200 valence electrons. The molecule has 2 saturated carbocycles. The summed E-state index contributed by atoms with van der Waals surface area (Å²) in [6.45, 7) is 2.34. The van der Waals surface area contributed by atoms with Crippen LogP contribution in [0.15, 0.2) is 42.5 Å². The number of anilines is 2. The van der Waals surface area contributed by atoms with Gasteiger partial charge in [-0.2, -0.15) is 0 Å². The zero-order chi connectivity index (χ0) is 27.0. The Balaban J connectivity index is 1.33. The Morgan fingerprint density at radius 1 is 0.895 bits per heavy atom. The fraction of sp³-hybridized carbons (Fsp3) is 0.429. The van der Waals surface area contributed by atoms with Crippen LogP contribution in [0.25, 0.3) is 0 Å². The molecule has 4 amide bonds. The second-order valence-corrected chi connectivity index (χ2v) is 10.5. The first kappa shape index (κ1) is 25.8. The third-order valence-corrected chi connectivity index (χ3v) is 7.11. The molecule has 0 radical (unpaired) electrons. The van der Waals surface area contributed by atoms with Crippen molar-refractivity contribution in [2.75, 3.05) is 22.9 Å². The number of amides is 4. The maximum absolute atomic E-state index is 13.7. The lowest BCUT2D eigenvalue weighted by Gasteiger charge is -2.25. The molecule has 1 aliphatic heterocycles.